The van der Waals surface area contributed by atoms with Crippen molar-refractivity contribution in [1.82, 2.24) is 19.4 Å². The van der Waals surface area contributed by atoms with Crippen molar-refractivity contribution in [1.29, 1.82) is 0 Å². The first kappa shape index (κ1) is 26.2. The van der Waals surface area contributed by atoms with E-state index < -0.39 is 29.7 Å². The average molecular weight is 517 g/mol. The van der Waals surface area contributed by atoms with Crippen molar-refractivity contribution in [3.8, 4) is 0 Å². The molecule has 4 heterocycles. The Kier molecular flexibility index (Phi) is 7.48. The van der Waals surface area contributed by atoms with E-state index in [0.717, 1.165) is 21.6 Å². The van der Waals surface area contributed by atoms with Crippen molar-refractivity contribution in [2.45, 2.75) is 51.8 Å². The molecule has 3 aliphatic rings. The summed E-state index contributed by atoms with van der Waals surface area (Å²) < 4.78 is 47.8. The van der Waals surface area contributed by atoms with E-state index in [4.69, 9.17) is 9.57 Å². The number of carbonyl (C=O) groups excluding carboxylic acids is 1. The molecule has 2 atom stereocenters. The summed E-state index contributed by atoms with van der Waals surface area (Å²) in [6, 6.07) is 0. The lowest BCUT2D eigenvalue weighted by Gasteiger charge is -2.40. The second-order valence-electron chi connectivity index (χ2n) is 9.33. The molecule has 14 heteroatoms. The van der Waals surface area contributed by atoms with Gasteiger partial charge in [0.05, 0.1) is 12.6 Å². The number of carbonyl (C=O) groups is 1. The molecule has 1 aromatic rings. The van der Waals surface area contributed by atoms with Crippen LogP contribution in [0.25, 0.3) is 0 Å². The number of allylic oxidation sites excluding steroid dienone is 1. The summed E-state index contributed by atoms with van der Waals surface area (Å²) in [7, 11) is 1.32. The molecule has 2 unspecified atom stereocenters. The molecular formula is C22H31F3N6O5. The van der Waals surface area contributed by atoms with Crippen molar-refractivity contribution in [2.75, 3.05) is 49.3 Å². The van der Waals surface area contributed by atoms with E-state index in [1.165, 1.54) is 11.6 Å². The Morgan fingerprint density at radius 2 is 1.92 bits per heavy atom. The molecule has 2 saturated heterocycles. The maximum Gasteiger partial charge on any atom is 0.493 e. The van der Waals surface area contributed by atoms with E-state index in [9.17, 15) is 27.6 Å². The fraction of sp³-hybridized carbons (Fsp3) is 0.682. The minimum Gasteiger partial charge on any atom is -0.376 e. The fourth-order valence-electron chi connectivity index (χ4n) is 4.68. The molecule has 0 aliphatic carbocycles. The lowest BCUT2D eigenvalue weighted by atomic mass is 10.2. The normalized spacial score (nSPS) is 22.6. The summed E-state index contributed by atoms with van der Waals surface area (Å²) in [4.78, 5) is 47.1. The third-order valence-electron chi connectivity index (χ3n) is 6.47. The van der Waals surface area contributed by atoms with E-state index in [2.05, 4.69) is 5.32 Å². The average Bonchev–Trinajstić information content (AvgIpc) is 3.45. The molecule has 1 aromatic heterocycles. The summed E-state index contributed by atoms with van der Waals surface area (Å²) in [6.07, 6.45) is -3.46. The number of rotatable bonds is 6. The van der Waals surface area contributed by atoms with Gasteiger partial charge in [-0.2, -0.15) is 13.2 Å². The summed E-state index contributed by atoms with van der Waals surface area (Å²) in [5.74, 6) is -2.61. The Balaban J connectivity index is 1.93. The second-order valence-corrected chi connectivity index (χ2v) is 9.33. The molecule has 200 valence electrons. The van der Waals surface area contributed by atoms with Crippen molar-refractivity contribution in [3.63, 3.8) is 0 Å². The van der Waals surface area contributed by atoms with E-state index in [1.54, 1.807) is 4.90 Å². The van der Waals surface area contributed by atoms with Gasteiger partial charge in [-0.05, 0) is 26.7 Å². The lowest BCUT2D eigenvalue weighted by Crippen LogP contribution is -2.61. The van der Waals surface area contributed by atoms with Crippen LogP contribution in [0.4, 0.5) is 24.7 Å². The number of anilines is 2. The monoisotopic (exact) mass is 516 g/mol. The molecule has 0 spiro atoms. The number of ether oxygens (including phenoxy) is 1. The maximum absolute atomic E-state index is 13.4. The van der Waals surface area contributed by atoms with Crippen LogP contribution in [0.1, 0.15) is 26.7 Å². The van der Waals surface area contributed by atoms with Gasteiger partial charge in [-0.25, -0.2) is 9.59 Å². The van der Waals surface area contributed by atoms with E-state index in [1.807, 2.05) is 24.8 Å². The van der Waals surface area contributed by atoms with Crippen LogP contribution in [0.5, 0.6) is 0 Å². The lowest BCUT2D eigenvalue weighted by molar-refractivity contribution is -0.203. The van der Waals surface area contributed by atoms with E-state index in [0.29, 0.717) is 39.2 Å². The Hall–Kier alpha value is -2.84. The predicted octanol–water partition coefficient (Wildman–Crippen LogP) is 0.528. The van der Waals surface area contributed by atoms with Crippen LogP contribution in [0.3, 0.4) is 0 Å². The van der Waals surface area contributed by atoms with Crippen LogP contribution in [0.2, 0.25) is 0 Å². The standard InChI is InChI=1S/C22H31F3N6O5/c1-14(2)6-9-29-16-17(30(13-15-5-4-12-35-15)21(34)27(3)18(16)32)31(36-19(33)22(23,24)25)20(29)28-10-7-26-8-11-28/h6,15,20,26H,4-5,7-13H2,1-3H3. The smallest absolute Gasteiger partial charge is 0.376 e. The molecule has 0 bridgehead atoms. The highest BCUT2D eigenvalue weighted by Gasteiger charge is 2.51. The Bertz CT molecular complexity index is 1130. The Labute approximate surface area is 205 Å². The van der Waals surface area contributed by atoms with E-state index in [-0.39, 0.29) is 30.7 Å². The van der Waals surface area contributed by atoms with Crippen LogP contribution < -0.4 is 26.5 Å². The van der Waals surface area contributed by atoms with Crippen molar-refractivity contribution in [2.24, 2.45) is 7.05 Å². The third kappa shape index (κ3) is 5.02. The third-order valence-corrected chi connectivity index (χ3v) is 6.47. The summed E-state index contributed by atoms with van der Waals surface area (Å²) >= 11 is 0. The molecular weight excluding hydrogens is 485 g/mol. The van der Waals surface area contributed by atoms with Crippen molar-refractivity contribution < 1.29 is 27.5 Å². The molecule has 0 amide bonds. The number of fused-ring (bicyclic) bond motifs is 1. The summed E-state index contributed by atoms with van der Waals surface area (Å²) in [5.41, 5.74) is -0.506. The zero-order valence-corrected chi connectivity index (χ0v) is 20.5. The summed E-state index contributed by atoms with van der Waals surface area (Å²) in [5, 5.41) is 3.96. The van der Waals surface area contributed by atoms with Crippen LogP contribution in [0, 0.1) is 0 Å². The van der Waals surface area contributed by atoms with Crippen LogP contribution in [-0.4, -0.2) is 77.9 Å². The Morgan fingerprint density at radius 1 is 1.22 bits per heavy atom. The fourth-order valence-corrected chi connectivity index (χ4v) is 4.68. The second kappa shape index (κ2) is 10.3. The minimum atomic E-state index is -5.28. The molecule has 0 aromatic carbocycles. The quantitative estimate of drug-likeness (QED) is 0.543. The van der Waals surface area contributed by atoms with Gasteiger partial charge >= 0.3 is 17.8 Å². The Morgan fingerprint density at radius 3 is 2.50 bits per heavy atom. The topological polar surface area (TPSA) is 101 Å². The SMILES string of the molecule is CC(C)=CCN1c2c(n(CC3CCCO3)c(=O)n(C)c2=O)N(OC(=O)C(F)(F)F)C1N1CCNCC1. The first-order valence-corrected chi connectivity index (χ1v) is 11.9. The number of hydrogen-bond acceptors (Lipinski definition) is 9. The maximum atomic E-state index is 13.4. The highest BCUT2D eigenvalue weighted by Crippen LogP contribution is 2.39. The summed E-state index contributed by atoms with van der Waals surface area (Å²) in [6.45, 7) is 6.29. The van der Waals surface area contributed by atoms with Crippen molar-refractivity contribution in [3.05, 3.63) is 32.5 Å². The number of aromatic nitrogens is 2. The van der Waals surface area contributed by atoms with Crippen LogP contribution >= 0.6 is 0 Å². The molecule has 0 saturated carbocycles. The number of piperazine rings is 1. The predicted molar refractivity (Wildman–Crippen MR) is 125 cm³/mol. The van der Waals surface area contributed by atoms with Gasteiger partial charge in [-0.3, -0.25) is 18.8 Å². The van der Waals surface area contributed by atoms with Crippen molar-refractivity contribution >= 4 is 17.5 Å². The van der Waals surface area contributed by atoms with E-state index >= 15 is 0 Å². The largest absolute Gasteiger partial charge is 0.493 e. The van der Waals surface area contributed by atoms with Gasteiger partial charge in [0.15, 0.2) is 17.8 Å². The van der Waals surface area contributed by atoms with Gasteiger partial charge in [0, 0.05) is 46.4 Å². The van der Waals surface area contributed by atoms with Gasteiger partial charge in [0.2, 0.25) is 0 Å². The highest BCUT2D eigenvalue weighted by atomic mass is 19.4. The zero-order chi connectivity index (χ0) is 26.2. The number of halogens is 3. The van der Waals surface area contributed by atoms with Gasteiger partial charge in [0.25, 0.3) is 5.56 Å². The molecule has 4 rings (SSSR count). The van der Waals surface area contributed by atoms with Gasteiger partial charge in [-0.1, -0.05) is 11.6 Å². The van der Waals surface area contributed by atoms with Crippen LogP contribution in [0.15, 0.2) is 21.2 Å². The number of nitrogens with one attached hydrogen (secondary N) is 1. The molecule has 36 heavy (non-hydrogen) atoms. The molecule has 2 fully saturated rings. The molecule has 3 aliphatic heterocycles. The minimum absolute atomic E-state index is 0.000114. The molecule has 1 N–H and O–H groups in total. The number of nitrogens with zero attached hydrogens (tertiary/aromatic N) is 5. The number of hydrogen-bond donors (Lipinski definition) is 1. The first-order valence-electron chi connectivity index (χ1n) is 11.9. The number of alkyl halides is 3. The highest BCUT2D eigenvalue weighted by molar-refractivity contribution is 5.80. The zero-order valence-electron chi connectivity index (χ0n) is 20.5. The van der Waals surface area contributed by atoms with Gasteiger partial charge in [0.1, 0.15) is 0 Å². The first-order chi connectivity index (χ1) is 17.0. The van der Waals surface area contributed by atoms with Gasteiger partial charge < -0.3 is 19.8 Å². The van der Waals surface area contributed by atoms with Crippen LogP contribution in [-0.2, 0) is 28.0 Å². The molecule has 11 nitrogen and oxygen atoms in total. The van der Waals surface area contributed by atoms with Gasteiger partial charge in [-0.15, -0.1) is 5.06 Å². The number of hydroxylamine groups is 1. The molecule has 0 radical (unpaired) electrons.